The van der Waals surface area contributed by atoms with Crippen molar-refractivity contribution < 1.29 is 4.79 Å². The van der Waals surface area contributed by atoms with Gasteiger partial charge in [0.2, 0.25) is 0 Å². The van der Waals surface area contributed by atoms with Crippen LogP contribution in [0.1, 0.15) is 39.0 Å². The molecule has 0 aromatic carbocycles. The average molecular weight is 143 g/mol. The second kappa shape index (κ2) is 6.75. The monoisotopic (exact) mass is 143 g/mol. The van der Waals surface area contributed by atoms with Crippen molar-refractivity contribution in [2.45, 2.75) is 45.1 Å². The number of unbranched alkanes of at least 4 members (excludes halogenated alkanes) is 2. The van der Waals surface area contributed by atoms with Gasteiger partial charge in [0.25, 0.3) is 0 Å². The van der Waals surface area contributed by atoms with Gasteiger partial charge in [0, 0.05) is 12.5 Å². The first-order chi connectivity index (χ1) is 4.81. The van der Waals surface area contributed by atoms with Crippen LogP contribution in [0.4, 0.5) is 0 Å². The smallest absolute Gasteiger partial charge is 0.119 e. The number of rotatable bonds is 6. The number of aldehydes is 1. The van der Waals surface area contributed by atoms with Gasteiger partial charge >= 0.3 is 0 Å². The molecule has 0 saturated heterocycles. The Labute approximate surface area is 62.8 Å². The molecule has 0 fully saturated rings. The molecule has 0 aromatic rings. The van der Waals surface area contributed by atoms with Crippen LogP contribution in [0.15, 0.2) is 0 Å². The Bertz CT molecular complexity index is 83.3. The lowest BCUT2D eigenvalue weighted by Gasteiger charge is -2.05. The first-order valence-electron chi connectivity index (χ1n) is 4.00. The summed E-state index contributed by atoms with van der Waals surface area (Å²) < 4.78 is 0. The molecule has 0 radical (unpaired) electrons. The maximum Gasteiger partial charge on any atom is 0.119 e. The van der Waals surface area contributed by atoms with E-state index < -0.39 is 0 Å². The number of hydrogen-bond donors (Lipinski definition) is 1. The molecule has 10 heavy (non-hydrogen) atoms. The highest BCUT2D eigenvalue weighted by Crippen LogP contribution is 2.02. The van der Waals surface area contributed by atoms with Crippen molar-refractivity contribution >= 4 is 6.29 Å². The molecule has 0 amide bonds. The Morgan fingerprint density at radius 1 is 1.50 bits per heavy atom. The average Bonchev–Trinajstić information content (AvgIpc) is 1.98. The van der Waals surface area contributed by atoms with Crippen LogP contribution in [0.25, 0.3) is 0 Å². The fourth-order valence-electron chi connectivity index (χ4n) is 0.838. The fraction of sp³-hybridized carbons (Fsp3) is 0.875. The van der Waals surface area contributed by atoms with Crippen LogP contribution in [0.3, 0.4) is 0 Å². The van der Waals surface area contributed by atoms with E-state index in [0.717, 1.165) is 32.0 Å². The standard InChI is InChI=1S/C8H17NO/c1-2-8(9)6-4-3-5-7-10/h7-8H,2-6,9H2,1H3. The number of carbonyl (C=O) groups excluding carboxylic acids is 1. The van der Waals surface area contributed by atoms with E-state index in [0.29, 0.717) is 12.5 Å². The van der Waals surface area contributed by atoms with E-state index in [1.807, 2.05) is 0 Å². The third-order valence-corrected chi connectivity index (χ3v) is 1.67. The third-order valence-electron chi connectivity index (χ3n) is 1.67. The molecular weight excluding hydrogens is 126 g/mol. The van der Waals surface area contributed by atoms with Crippen molar-refractivity contribution in [2.24, 2.45) is 5.73 Å². The lowest BCUT2D eigenvalue weighted by molar-refractivity contribution is -0.107. The van der Waals surface area contributed by atoms with Gasteiger partial charge in [0.1, 0.15) is 6.29 Å². The van der Waals surface area contributed by atoms with Crippen LogP contribution in [0.2, 0.25) is 0 Å². The van der Waals surface area contributed by atoms with Gasteiger partial charge in [-0.3, -0.25) is 0 Å². The maximum absolute atomic E-state index is 9.89. The van der Waals surface area contributed by atoms with Crippen LogP contribution < -0.4 is 5.73 Å². The topological polar surface area (TPSA) is 43.1 Å². The Hall–Kier alpha value is -0.370. The van der Waals surface area contributed by atoms with E-state index in [1.54, 1.807) is 0 Å². The van der Waals surface area contributed by atoms with Gasteiger partial charge in [0.05, 0.1) is 0 Å². The molecule has 0 heterocycles. The predicted molar refractivity (Wildman–Crippen MR) is 42.8 cm³/mol. The first-order valence-corrected chi connectivity index (χ1v) is 4.00. The fourth-order valence-corrected chi connectivity index (χ4v) is 0.838. The van der Waals surface area contributed by atoms with Gasteiger partial charge in [-0.1, -0.05) is 13.3 Å². The number of carbonyl (C=O) groups is 1. The van der Waals surface area contributed by atoms with Crippen LogP contribution >= 0.6 is 0 Å². The van der Waals surface area contributed by atoms with Gasteiger partial charge in [-0.15, -0.1) is 0 Å². The van der Waals surface area contributed by atoms with Crippen molar-refractivity contribution in [2.75, 3.05) is 0 Å². The molecule has 0 rings (SSSR count). The number of hydrogen-bond acceptors (Lipinski definition) is 2. The summed E-state index contributed by atoms with van der Waals surface area (Å²) in [6.07, 6.45) is 5.85. The second-order valence-corrected chi connectivity index (χ2v) is 2.62. The predicted octanol–water partition coefficient (Wildman–Crippen LogP) is 1.48. The molecule has 1 atom stereocenters. The molecule has 2 nitrogen and oxygen atoms in total. The van der Waals surface area contributed by atoms with Gasteiger partial charge in [-0.05, 0) is 19.3 Å². The van der Waals surface area contributed by atoms with Gasteiger partial charge in [-0.2, -0.15) is 0 Å². The quantitative estimate of drug-likeness (QED) is 0.452. The molecule has 0 aromatic heterocycles. The second-order valence-electron chi connectivity index (χ2n) is 2.62. The van der Waals surface area contributed by atoms with E-state index in [-0.39, 0.29) is 0 Å². The van der Waals surface area contributed by atoms with E-state index in [4.69, 9.17) is 5.73 Å². The minimum atomic E-state index is 0.339. The zero-order valence-corrected chi connectivity index (χ0v) is 6.68. The summed E-state index contributed by atoms with van der Waals surface area (Å²) in [5.74, 6) is 0. The molecule has 1 unspecified atom stereocenters. The Morgan fingerprint density at radius 3 is 2.70 bits per heavy atom. The summed E-state index contributed by atoms with van der Waals surface area (Å²) >= 11 is 0. The molecular formula is C8H17NO. The number of nitrogens with two attached hydrogens (primary N) is 1. The largest absolute Gasteiger partial charge is 0.328 e. The van der Waals surface area contributed by atoms with Crippen LogP contribution in [0.5, 0.6) is 0 Å². The van der Waals surface area contributed by atoms with Crippen LogP contribution in [-0.4, -0.2) is 12.3 Å². The highest BCUT2D eigenvalue weighted by molar-refractivity contribution is 5.48. The van der Waals surface area contributed by atoms with E-state index in [2.05, 4.69) is 6.92 Å². The highest BCUT2D eigenvalue weighted by atomic mass is 16.1. The van der Waals surface area contributed by atoms with Crippen molar-refractivity contribution in [1.82, 2.24) is 0 Å². The minimum absolute atomic E-state index is 0.339. The van der Waals surface area contributed by atoms with Crippen LogP contribution in [-0.2, 0) is 4.79 Å². The van der Waals surface area contributed by atoms with Gasteiger partial charge in [-0.25, -0.2) is 0 Å². The molecule has 0 saturated carbocycles. The van der Waals surface area contributed by atoms with Crippen molar-refractivity contribution in [3.63, 3.8) is 0 Å². The molecule has 0 bridgehead atoms. The summed E-state index contributed by atoms with van der Waals surface area (Å²) in [5.41, 5.74) is 5.67. The molecule has 2 heteroatoms. The zero-order chi connectivity index (χ0) is 7.82. The molecule has 2 N–H and O–H groups in total. The normalized spacial score (nSPS) is 13.0. The van der Waals surface area contributed by atoms with E-state index >= 15 is 0 Å². The summed E-state index contributed by atoms with van der Waals surface area (Å²) in [5, 5.41) is 0. The molecule has 0 aliphatic rings. The molecule has 0 spiro atoms. The Morgan fingerprint density at radius 2 is 2.20 bits per heavy atom. The van der Waals surface area contributed by atoms with Crippen LogP contribution in [0, 0.1) is 0 Å². The lowest BCUT2D eigenvalue weighted by Crippen LogP contribution is -2.17. The van der Waals surface area contributed by atoms with Gasteiger partial charge in [0.15, 0.2) is 0 Å². The summed E-state index contributed by atoms with van der Waals surface area (Å²) in [6, 6.07) is 0.339. The Balaban J connectivity index is 2.95. The molecule has 0 aliphatic heterocycles. The van der Waals surface area contributed by atoms with Gasteiger partial charge < -0.3 is 10.5 Å². The maximum atomic E-state index is 9.89. The molecule has 0 aliphatic carbocycles. The third kappa shape index (κ3) is 5.76. The van der Waals surface area contributed by atoms with Crippen molar-refractivity contribution in [1.29, 1.82) is 0 Å². The summed E-state index contributed by atoms with van der Waals surface area (Å²) in [6.45, 7) is 2.09. The van der Waals surface area contributed by atoms with E-state index in [9.17, 15) is 4.79 Å². The SMILES string of the molecule is CCC(N)CCCCC=O. The molecule has 60 valence electrons. The van der Waals surface area contributed by atoms with Crippen molar-refractivity contribution in [3.8, 4) is 0 Å². The summed E-state index contributed by atoms with van der Waals surface area (Å²) in [7, 11) is 0. The highest BCUT2D eigenvalue weighted by Gasteiger charge is 1.96. The lowest BCUT2D eigenvalue weighted by atomic mass is 10.1. The summed E-state index contributed by atoms with van der Waals surface area (Å²) in [4.78, 5) is 9.89. The minimum Gasteiger partial charge on any atom is -0.328 e. The van der Waals surface area contributed by atoms with Crippen molar-refractivity contribution in [3.05, 3.63) is 0 Å². The Kier molecular flexibility index (Phi) is 6.50. The first kappa shape index (κ1) is 9.63. The van der Waals surface area contributed by atoms with E-state index in [1.165, 1.54) is 0 Å². The zero-order valence-electron chi connectivity index (χ0n) is 6.68.